The Balaban J connectivity index is 2.10. The second-order valence-corrected chi connectivity index (χ2v) is 5.07. The van der Waals surface area contributed by atoms with Crippen LogP contribution in [0.15, 0.2) is 43.0 Å². The highest BCUT2D eigenvalue weighted by Crippen LogP contribution is 2.29. The minimum absolute atomic E-state index is 0.0490. The Morgan fingerprint density at radius 3 is 2.43 bits per heavy atom. The third kappa shape index (κ3) is 4.25. The maximum atomic E-state index is 13.6. The topological polar surface area (TPSA) is 52.6 Å². The highest BCUT2D eigenvalue weighted by Gasteiger charge is 2.36. The van der Waals surface area contributed by atoms with Crippen molar-refractivity contribution in [2.24, 2.45) is 11.8 Å². The number of benzene rings is 1. The van der Waals surface area contributed by atoms with E-state index in [1.807, 2.05) is 0 Å². The molecule has 23 heavy (non-hydrogen) atoms. The van der Waals surface area contributed by atoms with Gasteiger partial charge in [-0.3, -0.25) is 9.59 Å². The lowest BCUT2D eigenvalue weighted by atomic mass is 9.83. The van der Waals surface area contributed by atoms with Crippen molar-refractivity contribution in [3.63, 3.8) is 0 Å². The van der Waals surface area contributed by atoms with Crippen molar-refractivity contribution in [1.82, 2.24) is 0 Å². The van der Waals surface area contributed by atoms with Gasteiger partial charge in [-0.1, -0.05) is 24.8 Å². The van der Waals surface area contributed by atoms with Crippen molar-refractivity contribution < 1.29 is 27.8 Å². The highest BCUT2D eigenvalue weighted by molar-refractivity contribution is 5.84. The van der Waals surface area contributed by atoms with E-state index < -0.39 is 35.4 Å². The van der Waals surface area contributed by atoms with Crippen LogP contribution in [-0.4, -0.2) is 18.5 Å². The summed E-state index contributed by atoms with van der Waals surface area (Å²) < 4.78 is 36.4. The predicted molar refractivity (Wildman–Crippen MR) is 78.5 cm³/mol. The van der Waals surface area contributed by atoms with Crippen molar-refractivity contribution >= 4 is 11.9 Å². The summed E-state index contributed by atoms with van der Waals surface area (Å²) >= 11 is 0. The molecule has 0 aromatic heterocycles. The zero-order chi connectivity index (χ0) is 16.8. The molecule has 0 saturated carbocycles. The second kappa shape index (κ2) is 7.67. The minimum Gasteiger partial charge on any atom is -0.461 e. The number of halogens is 2. The quantitative estimate of drug-likeness (QED) is 0.475. The molecule has 4 nitrogen and oxygen atoms in total. The van der Waals surface area contributed by atoms with Gasteiger partial charge in [-0.25, -0.2) is 8.78 Å². The molecule has 0 saturated heterocycles. The summed E-state index contributed by atoms with van der Waals surface area (Å²) in [6.45, 7) is 3.50. The van der Waals surface area contributed by atoms with Crippen LogP contribution >= 0.6 is 0 Å². The van der Waals surface area contributed by atoms with Crippen LogP contribution in [0.1, 0.15) is 12.8 Å². The van der Waals surface area contributed by atoms with Crippen LogP contribution in [0.2, 0.25) is 0 Å². The second-order valence-electron chi connectivity index (χ2n) is 5.07. The molecule has 2 atom stereocenters. The third-order valence-corrected chi connectivity index (χ3v) is 3.49. The molecular formula is C17H16F2O4. The van der Waals surface area contributed by atoms with E-state index in [-0.39, 0.29) is 18.8 Å². The molecule has 1 aromatic carbocycles. The molecule has 0 radical (unpaired) electrons. The van der Waals surface area contributed by atoms with Crippen molar-refractivity contribution in [3.05, 3.63) is 54.6 Å². The van der Waals surface area contributed by atoms with E-state index in [4.69, 9.17) is 9.47 Å². The van der Waals surface area contributed by atoms with Gasteiger partial charge in [-0.2, -0.15) is 0 Å². The van der Waals surface area contributed by atoms with Crippen LogP contribution in [0.3, 0.4) is 0 Å². The number of esters is 2. The average molecular weight is 322 g/mol. The van der Waals surface area contributed by atoms with Gasteiger partial charge >= 0.3 is 11.9 Å². The first-order valence-electron chi connectivity index (χ1n) is 7.12. The van der Waals surface area contributed by atoms with Crippen LogP contribution in [0.4, 0.5) is 8.78 Å². The highest BCUT2D eigenvalue weighted by atomic mass is 19.1. The number of carbonyl (C=O) groups is 2. The fourth-order valence-corrected chi connectivity index (χ4v) is 2.33. The maximum Gasteiger partial charge on any atom is 0.315 e. The molecule has 1 aromatic rings. The first-order chi connectivity index (χ1) is 11.0. The summed E-state index contributed by atoms with van der Waals surface area (Å²) in [4.78, 5) is 24.2. The lowest BCUT2D eigenvalue weighted by Crippen LogP contribution is -2.35. The average Bonchev–Trinajstić information content (AvgIpc) is 2.55. The molecule has 0 bridgehead atoms. The van der Waals surface area contributed by atoms with Gasteiger partial charge in [0.05, 0.1) is 11.8 Å². The fourth-order valence-electron chi connectivity index (χ4n) is 2.33. The summed E-state index contributed by atoms with van der Waals surface area (Å²) in [5.41, 5.74) is 0. The summed E-state index contributed by atoms with van der Waals surface area (Å²) in [5.74, 6) is -4.87. The van der Waals surface area contributed by atoms with Crippen molar-refractivity contribution in [1.29, 1.82) is 0 Å². The number of carbonyl (C=O) groups excluding carboxylic acids is 2. The van der Waals surface area contributed by atoms with E-state index in [2.05, 4.69) is 6.58 Å². The molecule has 1 aliphatic carbocycles. The first kappa shape index (κ1) is 16.9. The molecule has 1 aliphatic rings. The van der Waals surface area contributed by atoms with E-state index in [1.165, 1.54) is 6.08 Å². The predicted octanol–water partition coefficient (Wildman–Crippen LogP) is 3.18. The number of hydrogen-bond donors (Lipinski definition) is 0. The Morgan fingerprint density at radius 2 is 1.83 bits per heavy atom. The molecule has 0 N–H and O–H groups in total. The molecule has 0 spiro atoms. The molecule has 0 fully saturated rings. The number of rotatable bonds is 5. The van der Waals surface area contributed by atoms with E-state index in [1.54, 1.807) is 12.2 Å². The summed E-state index contributed by atoms with van der Waals surface area (Å²) in [5, 5.41) is 0. The summed E-state index contributed by atoms with van der Waals surface area (Å²) in [6, 6.07) is 2.65. The minimum atomic E-state index is -0.976. The van der Waals surface area contributed by atoms with E-state index >= 15 is 0 Å². The number of ether oxygens (including phenoxy) is 2. The van der Waals surface area contributed by atoms with E-state index in [9.17, 15) is 18.4 Å². The Morgan fingerprint density at radius 1 is 1.17 bits per heavy atom. The molecule has 2 rings (SSSR count). The lowest BCUT2D eigenvalue weighted by Gasteiger charge is -2.25. The van der Waals surface area contributed by atoms with Crippen molar-refractivity contribution in [2.75, 3.05) is 6.61 Å². The molecule has 0 aliphatic heterocycles. The zero-order valence-corrected chi connectivity index (χ0v) is 12.3. The molecular weight excluding hydrogens is 306 g/mol. The maximum absolute atomic E-state index is 13.6. The SMILES string of the molecule is C=CCOC(=O)C1CC=CCC1C(=O)Oc1ccc(F)cc1F. The first-order valence-corrected chi connectivity index (χ1v) is 7.12. The van der Waals surface area contributed by atoms with Crippen LogP contribution in [0, 0.1) is 23.5 Å². The third-order valence-electron chi connectivity index (χ3n) is 3.49. The fraction of sp³-hybridized carbons (Fsp3) is 0.294. The van der Waals surface area contributed by atoms with Crippen LogP contribution < -0.4 is 4.74 Å². The molecule has 6 heteroatoms. The Labute approximate surface area is 132 Å². The Bertz CT molecular complexity index is 639. The van der Waals surface area contributed by atoms with Crippen LogP contribution in [0.5, 0.6) is 5.75 Å². The van der Waals surface area contributed by atoms with E-state index in [0.29, 0.717) is 12.5 Å². The van der Waals surface area contributed by atoms with Gasteiger partial charge in [-0.05, 0) is 25.0 Å². The Hall–Kier alpha value is -2.50. The molecule has 0 heterocycles. The van der Waals surface area contributed by atoms with Gasteiger partial charge < -0.3 is 9.47 Å². The molecule has 122 valence electrons. The Kier molecular flexibility index (Phi) is 5.62. The van der Waals surface area contributed by atoms with Crippen molar-refractivity contribution in [3.8, 4) is 5.75 Å². The monoisotopic (exact) mass is 322 g/mol. The van der Waals surface area contributed by atoms with Gasteiger partial charge in [0.15, 0.2) is 11.6 Å². The summed E-state index contributed by atoms with van der Waals surface area (Å²) in [7, 11) is 0. The van der Waals surface area contributed by atoms with Gasteiger partial charge in [0.2, 0.25) is 0 Å². The van der Waals surface area contributed by atoms with E-state index in [0.717, 1.165) is 12.1 Å². The van der Waals surface area contributed by atoms with Crippen LogP contribution in [-0.2, 0) is 14.3 Å². The smallest absolute Gasteiger partial charge is 0.315 e. The standard InChI is InChI=1S/C17H16F2O4/c1-2-9-22-16(20)12-5-3-4-6-13(12)17(21)23-15-8-7-11(18)10-14(15)19/h2-4,7-8,10,12-13H,1,5-6,9H2. The largest absolute Gasteiger partial charge is 0.461 e. The van der Waals surface area contributed by atoms with Gasteiger partial charge in [-0.15, -0.1) is 0 Å². The van der Waals surface area contributed by atoms with Gasteiger partial charge in [0.1, 0.15) is 12.4 Å². The number of hydrogen-bond acceptors (Lipinski definition) is 4. The zero-order valence-electron chi connectivity index (χ0n) is 12.3. The summed E-state index contributed by atoms with van der Waals surface area (Å²) in [6.07, 6.45) is 5.58. The molecule has 0 amide bonds. The van der Waals surface area contributed by atoms with Gasteiger partial charge in [0.25, 0.3) is 0 Å². The van der Waals surface area contributed by atoms with Crippen LogP contribution in [0.25, 0.3) is 0 Å². The van der Waals surface area contributed by atoms with Crippen molar-refractivity contribution in [2.45, 2.75) is 12.8 Å². The van der Waals surface area contributed by atoms with Gasteiger partial charge in [0, 0.05) is 6.07 Å². The molecule has 2 unspecified atom stereocenters. The lowest BCUT2D eigenvalue weighted by molar-refractivity contribution is -0.156. The number of allylic oxidation sites excluding steroid dienone is 2. The normalized spacial score (nSPS) is 19.9.